The zero-order chi connectivity index (χ0) is 31.3. The zero-order valence-electron chi connectivity index (χ0n) is 24.8. The molecule has 230 valence electrons. The molecule has 1 amide bonds. The Morgan fingerprint density at radius 1 is 1.28 bits per heavy atom. The number of hydrazone groups is 1. The van der Waals surface area contributed by atoms with Crippen LogP contribution in [0.15, 0.2) is 59.1 Å². The summed E-state index contributed by atoms with van der Waals surface area (Å²) in [6.45, 7) is 10.9. The van der Waals surface area contributed by atoms with Crippen molar-refractivity contribution in [2.45, 2.75) is 64.7 Å². The number of nitrogens with zero attached hydrogens (tertiary/aromatic N) is 7. The highest BCUT2D eigenvalue weighted by molar-refractivity contribution is 5.99. The van der Waals surface area contributed by atoms with E-state index in [0.29, 0.717) is 17.7 Å². The lowest BCUT2D eigenvalue weighted by atomic mass is 9.85. The number of allylic oxidation sites excluding steroid dienone is 3. The van der Waals surface area contributed by atoms with Crippen LogP contribution in [0.25, 0.3) is 11.0 Å². The highest BCUT2D eigenvalue weighted by Gasteiger charge is 2.31. The average Bonchev–Trinajstić information content (AvgIpc) is 3.21. The van der Waals surface area contributed by atoms with Gasteiger partial charge in [-0.15, -0.1) is 6.58 Å². The van der Waals surface area contributed by atoms with Gasteiger partial charge in [0.25, 0.3) is 5.56 Å². The van der Waals surface area contributed by atoms with E-state index >= 15 is 0 Å². The molecule has 13 heteroatoms. The van der Waals surface area contributed by atoms with E-state index in [1.54, 1.807) is 51.1 Å². The summed E-state index contributed by atoms with van der Waals surface area (Å²) in [4.78, 5) is 36.1. The van der Waals surface area contributed by atoms with Gasteiger partial charge >= 0.3 is 6.18 Å². The van der Waals surface area contributed by atoms with Gasteiger partial charge in [-0.3, -0.25) is 9.59 Å². The predicted molar refractivity (Wildman–Crippen MR) is 162 cm³/mol. The number of carbonyl (C=O) groups is 1. The van der Waals surface area contributed by atoms with Crippen LogP contribution in [0.4, 0.5) is 24.8 Å². The van der Waals surface area contributed by atoms with E-state index in [9.17, 15) is 22.8 Å². The summed E-state index contributed by atoms with van der Waals surface area (Å²) in [5, 5.41) is 8.89. The minimum Gasteiger partial charge on any atom is -0.324 e. The number of anilines is 2. The Morgan fingerprint density at radius 2 is 2.00 bits per heavy atom. The third kappa shape index (κ3) is 7.39. The Morgan fingerprint density at radius 3 is 2.60 bits per heavy atom. The van der Waals surface area contributed by atoms with Crippen LogP contribution >= 0.6 is 0 Å². The van der Waals surface area contributed by atoms with Gasteiger partial charge in [0.1, 0.15) is 5.39 Å². The molecule has 10 nitrogen and oxygen atoms in total. The molecule has 1 fully saturated rings. The van der Waals surface area contributed by atoms with Gasteiger partial charge in [-0.1, -0.05) is 18.2 Å². The summed E-state index contributed by atoms with van der Waals surface area (Å²) in [7, 11) is 2.01. The molecule has 1 aromatic carbocycles. The van der Waals surface area contributed by atoms with E-state index < -0.39 is 18.2 Å². The van der Waals surface area contributed by atoms with Crippen molar-refractivity contribution in [2.75, 3.05) is 25.5 Å². The van der Waals surface area contributed by atoms with Crippen molar-refractivity contribution in [2.24, 2.45) is 5.10 Å². The summed E-state index contributed by atoms with van der Waals surface area (Å²) < 4.78 is 43.6. The SMILES string of the molecule is C=CCn1c(=O)c2cnc(Nc3ccc(C4CCN(C)CC4)c(CC(F)(F)F)c3)nc2n1C(/C=C\C)=N/N(C=O)C(C)C. The zero-order valence-corrected chi connectivity index (χ0v) is 24.8. The number of halogens is 3. The van der Waals surface area contributed by atoms with Crippen LogP contribution in [0.1, 0.15) is 50.7 Å². The Labute approximate surface area is 248 Å². The maximum Gasteiger partial charge on any atom is 0.393 e. The number of hydrogen-bond donors (Lipinski definition) is 1. The fourth-order valence-corrected chi connectivity index (χ4v) is 5.18. The van der Waals surface area contributed by atoms with Crippen LogP contribution in [0.2, 0.25) is 0 Å². The van der Waals surface area contributed by atoms with Gasteiger partial charge in [-0.25, -0.2) is 19.4 Å². The maximum absolute atomic E-state index is 13.6. The molecule has 0 saturated carbocycles. The van der Waals surface area contributed by atoms with Gasteiger partial charge in [-0.2, -0.15) is 23.3 Å². The van der Waals surface area contributed by atoms with Crippen LogP contribution in [0.3, 0.4) is 0 Å². The summed E-state index contributed by atoms with van der Waals surface area (Å²) in [6.07, 6.45) is 3.02. The smallest absolute Gasteiger partial charge is 0.324 e. The molecule has 43 heavy (non-hydrogen) atoms. The highest BCUT2D eigenvalue weighted by atomic mass is 19.4. The number of amides is 1. The van der Waals surface area contributed by atoms with Crippen LogP contribution in [0.5, 0.6) is 0 Å². The molecule has 3 heterocycles. The monoisotopic (exact) mass is 598 g/mol. The van der Waals surface area contributed by atoms with Crippen molar-refractivity contribution in [1.29, 1.82) is 0 Å². The van der Waals surface area contributed by atoms with Crippen molar-refractivity contribution in [1.82, 2.24) is 29.2 Å². The van der Waals surface area contributed by atoms with Gasteiger partial charge in [0.2, 0.25) is 12.4 Å². The van der Waals surface area contributed by atoms with Crippen LogP contribution < -0.4 is 10.9 Å². The quantitative estimate of drug-likeness (QED) is 0.115. The molecule has 0 radical (unpaired) electrons. The van der Waals surface area contributed by atoms with Gasteiger partial charge in [0.15, 0.2) is 11.5 Å². The maximum atomic E-state index is 13.6. The molecule has 1 saturated heterocycles. The third-order valence-electron chi connectivity index (χ3n) is 7.31. The number of piperidine rings is 1. The minimum absolute atomic E-state index is 0.0513. The molecular formula is C30H37F3N8O2. The number of fused-ring (bicyclic) bond motifs is 1. The lowest BCUT2D eigenvalue weighted by Crippen LogP contribution is -2.31. The largest absolute Gasteiger partial charge is 0.393 e. The Hall–Kier alpha value is -4.26. The molecule has 4 rings (SSSR count). The molecule has 0 aliphatic carbocycles. The van der Waals surface area contributed by atoms with E-state index in [1.807, 2.05) is 7.05 Å². The van der Waals surface area contributed by atoms with Crippen molar-refractivity contribution in [3.8, 4) is 0 Å². The standard InChI is InChI=1S/C30H37F3N8O2/c1-6-8-26(37-39(19-42)20(3)4)41-27-25(28(43)40(41)13-7-2)18-34-29(36-27)35-23-9-10-24(21-11-14-38(5)15-12-21)22(16-23)17-30(31,32)33/h6-10,16,18-21H,2,11-15,17H2,1,3-5H3,(H,34,35,36)/b8-6-,37-26+. The molecule has 1 N–H and O–H groups in total. The second kappa shape index (κ2) is 13.4. The summed E-state index contributed by atoms with van der Waals surface area (Å²) in [6, 6.07) is 4.73. The second-order valence-corrected chi connectivity index (χ2v) is 10.9. The average molecular weight is 599 g/mol. The van der Waals surface area contributed by atoms with Crippen molar-refractivity contribution < 1.29 is 18.0 Å². The fourth-order valence-electron chi connectivity index (χ4n) is 5.18. The lowest BCUT2D eigenvalue weighted by molar-refractivity contribution is -0.127. The van der Waals surface area contributed by atoms with Crippen molar-refractivity contribution in [3.63, 3.8) is 0 Å². The van der Waals surface area contributed by atoms with E-state index in [1.165, 1.54) is 26.6 Å². The van der Waals surface area contributed by atoms with E-state index in [4.69, 9.17) is 0 Å². The van der Waals surface area contributed by atoms with Gasteiger partial charge < -0.3 is 10.2 Å². The molecular weight excluding hydrogens is 561 g/mol. The molecule has 0 atom stereocenters. The lowest BCUT2D eigenvalue weighted by Gasteiger charge is -2.30. The minimum atomic E-state index is -4.37. The molecule has 1 aliphatic heterocycles. The molecule has 0 unspecified atom stereocenters. The number of likely N-dealkylation sites (tertiary alicyclic amines) is 1. The number of carbonyl (C=O) groups excluding carboxylic acids is 1. The van der Waals surface area contributed by atoms with Crippen molar-refractivity contribution >= 4 is 34.9 Å². The summed E-state index contributed by atoms with van der Waals surface area (Å²) >= 11 is 0. The van der Waals surface area contributed by atoms with E-state index in [-0.39, 0.29) is 46.9 Å². The van der Waals surface area contributed by atoms with Crippen LogP contribution in [-0.4, -0.2) is 73.8 Å². The summed E-state index contributed by atoms with van der Waals surface area (Å²) in [5.74, 6) is 0.380. The molecule has 0 bridgehead atoms. The Bertz CT molecular complexity index is 1580. The first-order valence-corrected chi connectivity index (χ1v) is 14.2. The van der Waals surface area contributed by atoms with E-state index in [0.717, 1.165) is 25.9 Å². The van der Waals surface area contributed by atoms with Gasteiger partial charge in [0, 0.05) is 17.9 Å². The normalized spacial score (nSPS) is 15.5. The third-order valence-corrected chi connectivity index (χ3v) is 7.31. The van der Waals surface area contributed by atoms with Crippen LogP contribution in [0, 0.1) is 0 Å². The molecule has 3 aromatic rings. The molecule has 1 aliphatic rings. The molecule has 2 aromatic heterocycles. The Kier molecular flexibility index (Phi) is 9.84. The first-order chi connectivity index (χ1) is 20.4. The van der Waals surface area contributed by atoms with Crippen LogP contribution in [-0.2, 0) is 17.8 Å². The van der Waals surface area contributed by atoms with Gasteiger partial charge in [-0.05, 0) is 89.0 Å². The number of rotatable bonds is 10. The number of benzene rings is 1. The number of alkyl halides is 3. The summed E-state index contributed by atoms with van der Waals surface area (Å²) in [5.41, 5.74) is 1.13. The van der Waals surface area contributed by atoms with E-state index in [2.05, 4.69) is 31.9 Å². The topological polar surface area (TPSA) is 101 Å². The van der Waals surface area contributed by atoms with Crippen molar-refractivity contribution in [3.05, 3.63) is 70.7 Å². The first kappa shape index (κ1) is 31.7. The van der Waals surface area contributed by atoms with Gasteiger partial charge in [0.05, 0.1) is 13.0 Å². The second-order valence-electron chi connectivity index (χ2n) is 10.9. The fraction of sp³-hybridized carbons (Fsp3) is 0.433. The number of hydrogen-bond acceptors (Lipinski definition) is 7. The number of aromatic nitrogens is 4. The number of nitrogens with one attached hydrogen (secondary N) is 1. The first-order valence-electron chi connectivity index (χ1n) is 14.2. The predicted octanol–water partition coefficient (Wildman–Crippen LogP) is 5.04. The Balaban J connectivity index is 1.79. The highest BCUT2D eigenvalue weighted by Crippen LogP contribution is 2.35. The molecule has 0 spiro atoms.